The monoisotopic (exact) mass is 229 g/mol. The van der Waals surface area contributed by atoms with Crippen molar-refractivity contribution in [2.75, 3.05) is 30.8 Å². The van der Waals surface area contributed by atoms with E-state index in [4.69, 9.17) is 22.1 Å². The fourth-order valence-electron chi connectivity index (χ4n) is 1.10. The van der Waals surface area contributed by atoms with E-state index in [0.29, 0.717) is 24.0 Å². The normalized spacial score (nSPS) is 10.3. The van der Waals surface area contributed by atoms with Crippen LogP contribution in [-0.2, 0) is 4.74 Å². The lowest BCUT2D eigenvalue weighted by Crippen LogP contribution is -2.11. The molecule has 1 rings (SSSR count). The molecule has 0 aliphatic rings. The zero-order valence-electron chi connectivity index (χ0n) is 8.79. The lowest BCUT2D eigenvalue weighted by molar-refractivity contribution is 0.144. The van der Waals surface area contributed by atoms with Crippen molar-refractivity contribution in [3.8, 4) is 0 Å². The molecule has 0 saturated heterocycles. The van der Waals surface area contributed by atoms with Crippen molar-refractivity contribution in [1.82, 2.24) is 4.98 Å². The summed E-state index contributed by atoms with van der Waals surface area (Å²) in [5.74, 6) is 0. The van der Waals surface area contributed by atoms with E-state index in [9.17, 15) is 0 Å². The molecule has 0 saturated carbocycles. The van der Waals surface area contributed by atoms with Gasteiger partial charge in [0.2, 0.25) is 0 Å². The molecule has 1 aromatic heterocycles. The molecule has 3 N–H and O–H groups in total. The van der Waals surface area contributed by atoms with Crippen LogP contribution in [0.3, 0.4) is 0 Å². The Morgan fingerprint density at radius 3 is 3.07 bits per heavy atom. The second kappa shape index (κ2) is 6.48. The topological polar surface area (TPSA) is 60.2 Å². The van der Waals surface area contributed by atoms with Gasteiger partial charge in [-0.25, -0.2) is 4.98 Å². The van der Waals surface area contributed by atoms with Crippen LogP contribution in [0.2, 0.25) is 5.15 Å². The molecule has 5 heteroatoms. The van der Waals surface area contributed by atoms with E-state index in [1.54, 1.807) is 6.07 Å². The lowest BCUT2D eigenvalue weighted by Gasteiger charge is -2.09. The number of nitrogens with zero attached hydrogens (tertiary/aromatic N) is 1. The van der Waals surface area contributed by atoms with Crippen molar-refractivity contribution in [3.63, 3.8) is 0 Å². The molecule has 0 aromatic carbocycles. The molecule has 0 amide bonds. The molecule has 0 aliphatic carbocycles. The zero-order chi connectivity index (χ0) is 11.1. The number of halogens is 1. The molecular formula is C10H16ClN3O. The van der Waals surface area contributed by atoms with E-state index in [0.717, 1.165) is 18.7 Å². The van der Waals surface area contributed by atoms with Crippen molar-refractivity contribution in [3.05, 3.63) is 17.4 Å². The van der Waals surface area contributed by atoms with Crippen molar-refractivity contribution < 1.29 is 4.74 Å². The van der Waals surface area contributed by atoms with Gasteiger partial charge in [-0.15, -0.1) is 0 Å². The Bertz CT molecular complexity index is 307. The highest BCUT2D eigenvalue weighted by Gasteiger charge is 1.99. The SMILES string of the molecule is CCCOCCNc1cc(Cl)ncc1N. The van der Waals surface area contributed by atoms with E-state index >= 15 is 0 Å². The number of pyridine rings is 1. The molecule has 0 atom stereocenters. The molecule has 0 aliphatic heterocycles. The Kier molecular flexibility index (Phi) is 5.21. The minimum Gasteiger partial charge on any atom is -0.396 e. The van der Waals surface area contributed by atoms with E-state index in [-0.39, 0.29) is 0 Å². The first-order valence-corrected chi connectivity index (χ1v) is 5.34. The number of anilines is 2. The summed E-state index contributed by atoms with van der Waals surface area (Å²) >= 11 is 5.74. The van der Waals surface area contributed by atoms with E-state index in [2.05, 4.69) is 17.2 Å². The third-order valence-electron chi connectivity index (χ3n) is 1.81. The highest BCUT2D eigenvalue weighted by molar-refractivity contribution is 6.29. The highest BCUT2D eigenvalue weighted by Crippen LogP contribution is 2.19. The number of hydrogen-bond acceptors (Lipinski definition) is 4. The molecule has 0 bridgehead atoms. The Balaban J connectivity index is 2.33. The number of rotatable bonds is 6. The molecule has 0 fully saturated rings. The number of ether oxygens (including phenoxy) is 1. The van der Waals surface area contributed by atoms with Crippen LogP contribution in [0.15, 0.2) is 12.3 Å². The Hall–Kier alpha value is -1.00. The van der Waals surface area contributed by atoms with Gasteiger partial charge in [-0.2, -0.15) is 0 Å². The lowest BCUT2D eigenvalue weighted by atomic mass is 10.3. The summed E-state index contributed by atoms with van der Waals surface area (Å²) in [5, 5.41) is 3.57. The predicted molar refractivity (Wildman–Crippen MR) is 63.3 cm³/mol. The van der Waals surface area contributed by atoms with Crippen molar-refractivity contribution in [2.24, 2.45) is 0 Å². The maximum Gasteiger partial charge on any atom is 0.131 e. The van der Waals surface area contributed by atoms with Crippen LogP contribution in [-0.4, -0.2) is 24.7 Å². The Labute approximate surface area is 94.8 Å². The van der Waals surface area contributed by atoms with Crippen LogP contribution in [0.1, 0.15) is 13.3 Å². The van der Waals surface area contributed by atoms with Gasteiger partial charge in [0.1, 0.15) is 5.15 Å². The predicted octanol–water partition coefficient (Wildman–Crippen LogP) is 2.16. The van der Waals surface area contributed by atoms with Gasteiger partial charge in [-0.1, -0.05) is 18.5 Å². The quantitative estimate of drug-likeness (QED) is 0.580. The second-order valence-corrected chi connectivity index (χ2v) is 3.52. The van der Waals surface area contributed by atoms with Crippen LogP contribution in [0.5, 0.6) is 0 Å². The Morgan fingerprint density at radius 1 is 1.53 bits per heavy atom. The molecule has 84 valence electrons. The van der Waals surface area contributed by atoms with Crippen LogP contribution in [0.25, 0.3) is 0 Å². The van der Waals surface area contributed by atoms with Gasteiger partial charge in [0.15, 0.2) is 0 Å². The molecule has 0 unspecified atom stereocenters. The summed E-state index contributed by atoms with van der Waals surface area (Å²) in [4.78, 5) is 3.87. The largest absolute Gasteiger partial charge is 0.396 e. The first kappa shape index (κ1) is 12.1. The molecule has 0 radical (unpaired) electrons. The third-order valence-corrected chi connectivity index (χ3v) is 2.02. The average Bonchev–Trinajstić information content (AvgIpc) is 2.23. The maximum atomic E-state index is 5.74. The molecule has 1 aromatic rings. The minimum atomic E-state index is 0.432. The van der Waals surface area contributed by atoms with E-state index < -0.39 is 0 Å². The molecule has 0 spiro atoms. The van der Waals surface area contributed by atoms with Gasteiger partial charge in [0.25, 0.3) is 0 Å². The van der Waals surface area contributed by atoms with Crippen molar-refractivity contribution in [2.45, 2.75) is 13.3 Å². The standard InChI is InChI=1S/C10H16ClN3O/c1-2-4-15-5-3-13-9-6-10(11)14-7-8(9)12/h6-7H,2-5,12H2,1H3,(H,13,14). The summed E-state index contributed by atoms with van der Waals surface area (Å²) in [5.41, 5.74) is 7.10. The van der Waals surface area contributed by atoms with Gasteiger partial charge >= 0.3 is 0 Å². The van der Waals surface area contributed by atoms with Crippen molar-refractivity contribution >= 4 is 23.0 Å². The minimum absolute atomic E-state index is 0.432. The van der Waals surface area contributed by atoms with Crippen LogP contribution < -0.4 is 11.1 Å². The second-order valence-electron chi connectivity index (χ2n) is 3.13. The Morgan fingerprint density at radius 2 is 2.33 bits per heavy atom. The summed E-state index contributed by atoms with van der Waals surface area (Å²) < 4.78 is 5.32. The summed E-state index contributed by atoms with van der Waals surface area (Å²) in [7, 11) is 0. The average molecular weight is 230 g/mol. The van der Waals surface area contributed by atoms with E-state index in [1.165, 1.54) is 6.20 Å². The number of hydrogen-bond donors (Lipinski definition) is 2. The first-order chi connectivity index (χ1) is 7.24. The third kappa shape index (κ3) is 4.36. The van der Waals surface area contributed by atoms with Gasteiger partial charge in [-0.3, -0.25) is 0 Å². The molecule has 4 nitrogen and oxygen atoms in total. The number of nitrogen functional groups attached to an aromatic ring is 1. The number of nitrogens with two attached hydrogens (primary N) is 1. The fourth-order valence-corrected chi connectivity index (χ4v) is 1.26. The molecule has 1 heterocycles. The van der Waals surface area contributed by atoms with Crippen LogP contribution in [0, 0.1) is 0 Å². The molecular weight excluding hydrogens is 214 g/mol. The summed E-state index contributed by atoms with van der Waals surface area (Å²) in [6.07, 6.45) is 2.57. The van der Waals surface area contributed by atoms with E-state index in [1.807, 2.05) is 0 Å². The van der Waals surface area contributed by atoms with Gasteiger partial charge in [0.05, 0.1) is 24.2 Å². The maximum absolute atomic E-state index is 5.74. The van der Waals surface area contributed by atoms with Gasteiger partial charge in [0, 0.05) is 19.2 Å². The summed E-state index contributed by atoms with van der Waals surface area (Å²) in [6, 6.07) is 1.71. The summed E-state index contributed by atoms with van der Waals surface area (Å²) in [6.45, 7) is 4.24. The van der Waals surface area contributed by atoms with Gasteiger partial charge in [-0.05, 0) is 6.42 Å². The highest BCUT2D eigenvalue weighted by atomic mass is 35.5. The smallest absolute Gasteiger partial charge is 0.131 e. The zero-order valence-corrected chi connectivity index (χ0v) is 9.55. The van der Waals surface area contributed by atoms with Crippen LogP contribution >= 0.6 is 11.6 Å². The fraction of sp³-hybridized carbons (Fsp3) is 0.500. The molecule has 15 heavy (non-hydrogen) atoms. The van der Waals surface area contributed by atoms with Crippen molar-refractivity contribution in [1.29, 1.82) is 0 Å². The van der Waals surface area contributed by atoms with Gasteiger partial charge < -0.3 is 15.8 Å². The number of aromatic nitrogens is 1. The first-order valence-electron chi connectivity index (χ1n) is 4.96. The van der Waals surface area contributed by atoms with Crippen LogP contribution in [0.4, 0.5) is 11.4 Å². The number of nitrogens with one attached hydrogen (secondary N) is 1.